The predicted molar refractivity (Wildman–Crippen MR) is 98.1 cm³/mol. The van der Waals surface area contributed by atoms with Crippen LogP contribution in [-0.4, -0.2) is 0 Å². The lowest BCUT2D eigenvalue weighted by Crippen LogP contribution is -2.20. The summed E-state index contributed by atoms with van der Waals surface area (Å²) in [5.74, 6) is 3.90. The Morgan fingerprint density at radius 1 is 0.542 bits per heavy atom. The third-order valence-electron chi connectivity index (χ3n) is 5.51. The van der Waals surface area contributed by atoms with E-state index in [1.54, 1.807) is 0 Å². The molecule has 0 saturated carbocycles. The van der Waals surface area contributed by atoms with E-state index in [1.807, 2.05) is 11.3 Å². The Hall–Kier alpha value is -1.74. The number of thiophene rings is 1. The number of rotatable bonds is 0. The van der Waals surface area contributed by atoms with Crippen molar-refractivity contribution in [3.05, 3.63) is 69.2 Å². The smallest absolute Gasteiger partial charge is 0.117 e. The third-order valence-corrected chi connectivity index (χ3v) is 7.25. The fourth-order valence-electron chi connectivity index (χ4n) is 3.39. The molecule has 3 aromatic rings. The normalized spacial score (nSPS) is 20.2. The van der Waals surface area contributed by atoms with Gasteiger partial charge in [0.15, 0.2) is 0 Å². The van der Waals surface area contributed by atoms with Crippen molar-refractivity contribution in [2.45, 2.75) is 57.8 Å². The molecule has 24 heavy (non-hydrogen) atoms. The molecule has 0 unspecified atom stereocenters. The molecule has 0 aromatic carbocycles. The lowest BCUT2D eigenvalue weighted by atomic mass is 9.87. The maximum atomic E-state index is 6.32. The highest BCUT2D eigenvalue weighted by Crippen LogP contribution is 2.46. The van der Waals surface area contributed by atoms with Gasteiger partial charge < -0.3 is 8.83 Å². The summed E-state index contributed by atoms with van der Waals surface area (Å²) in [5, 5.41) is 0. The number of hydrogen-bond donors (Lipinski definition) is 0. The van der Waals surface area contributed by atoms with Crippen LogP contribution in [0.15, 0.2) is 45.2 Å². The summed E-state index contributed by atoms with van der Waals surface area (Å²) in [7, 11) is 0. The number of hydrogen-bond acceptors (Lipinski definition) is 3. The Balaban J connectivity index is 2.04. The molecule has 1 aliphatic rings. The van der Waals surface area contributed by atoms with Gasteiger partial charge in [0.1, 0.15) is 23.0 Å². The van der Waals surface area contributed by atoms with Crippen LogP contribution in [0, 0.1) is 0 Å². The first-order chi connectivity index (χ1) is 11.1. The summed E-state index contributed by atoms with van der Waals surface area (Å²) in [6.45, 7) is 13.3. The summed E-state index contributed by atoms with van der Waals surface area (Å²) >= 11 is 1.85. The molecule has 0 fully saturated rings. The van der Waals surface area contributed by atoms with Crippen LogP contribution in [0.4, 0.5) is 0 Å². The molecule has 0 radical (unpaired) electrons. The first-order valence-corrected chi connectivity index (χ1v) is 9.27. The van der Waals surface area contributed by atoms with Gasteiger partial charge in [0.2, 0.25) is 0 Å². The van der Waals surface area contributed by atoms with E-state index in [1.165, 1.54) is 9.75 Å². The average Bonchev–Trinajstić information content (AvgIpc) is 3.24. The van der Waals surface area contributed by atoms with E-state index >= 15 is 0 Å². The molecule has 3 aromatic heterocycles. The van der Waals surface area contributed by atoms with Crippen molar-refractivity contribution in [1.29, 1.82) is 0 Å². The minimum atomic E-state index is -0.295. The van der Waals surface area contributed by atoms with Gasteiger partial charge in [-0.2, -0.15) is 0 Å². The molecular formula is C21H24O2S. The van der Waals surface area contributed by atoms with Crippen molar-refractivity contribution in [2.75, 3.05) is 0 Å². The number of furan rings is 2. The van der Waals surface area contributed by atoms with Crippen molar-refractivity contribution in [3.63, 3.8) is 0 Å². The molecule has 0 amide bonds. The molecular weight excluding hydrogens is 316 g/mol. The largest absolute Gasteiger partial charge is 0.464 e. The van der Waals surface area contributed by atoms with Crippen molar-refractivity contribution < 1.29 is 8.83 Å². The van der Waals surface area contributed by atoms with Crippen LogP contribution in [0.2, 0.25) is 0 Å². The number of fused-ring (bicyclic) bond motifs is 6. The van der Waals surface area contributed by atoms with Gasteiger partial charge in [-0.05, 0) is 77.9 Å². The summed E-state index contributed by atoms with van der Waals surface area (Å²) < 4.78 is 12.6. The van der Waals surface area contributed by atoms with E-state index in [0.29, 0.717) is 0 Å². The summed E-state index contributed by atoms with van der Waals surface area (Å²) in [5.41, 5.74) is -0.582. The Morgan fingerprint density at radius 3 is 1.25 bits per heavy atom. The van der Waals surface area contributed by atoms with Gasteiger partial charge in [-0.15, -0.1) is 11.3 Å². The second kappa shape index (κ2) is 4.66. The zero-order valence-electron chi connectivity index (χ0n) is 15.2. The summed E-state index contributed by atoms with van der Waals surface area (Å²) in [6, 6.07) is 12.9. The first kappa shape index (κ1) is 15.8. The van der Waals surface area contributed by atoms with E-state index in [2.05, 4.69) is 77.9 Å². The van der Waals surface area contributed by atoms with Crippen LogP contribution in [-0.2, 0) is 16.2 Å². The quantitative estimate of drug-likeness (QED) is 0.485. The standard InChI is InChI=1S/C21H24O2S/c1-19(2)13-7-9-15(22-13)20(3,4)17-11-12-18(24-17)21(5,6)16-10-8-14(19)23-16/h7-12H,1-6H3. The van der Waals surface area contributed by atoms with Gasteiger partial charge in [-0.3, -0.25) is 0 Å². The van der Waals surface area contributed by atoms with Crippen LogP contribution >= 0.6 is 11.3 Å². The van der Waals surface area contributed by atoms with Crippen molar-refractivity contribution in [1.82, 2.24) is 0 Å². The molecule has 0 spiro atoms. The van der Waals surface area contributed by atoms with Gasteiger partial charge in [0.05, 0.1) is 16.2 Å². The zero-order chi connectivity index (χ0) is 17.3. The van der Waals surface area contributed by atoms with Gasteiger partial charge >= 0.3 is 0 Å². The highest BCUT2D eigenvalue weighted by atomic mass is 32.1. The molecule has 2 nitrogen and oxygen atoms in total. The Morgan fingerprint density at radius 2 is 0.875 bits per heavy atom. The molecule has 0 aliphatic carbocycles. The molecule has 3 heteroatoms. The Bertz CT molecular complexity index is 721. The molecule has 1 aliphatic heterocycles. The van der Waals surface area contributed by atoms with E-state index in [9.17, 15) is 0 Å². The van der Waals surface area contributed by atoms with E-state index in [-0.39, 0.29) is 16.2 Å². The lowest BCUT2D eigenvalue weighted by molar-refractivity contribution is 0.315. The van der Waals surface area contributed by atoms with Gasteiger partial charge in [0, 0.05) is 9.75 Å². The SMILES string of the molecule is CC1(C)c2ccc(o2)C(C)(C)c2ccc(s2)C(C)(C)c2ccc1o2. The summed E-state index contributed by atoms with van der Waals surface area (Å²) in [6.07, 6.45) is 0. The molecule has 126 valence electrons. The first-order valence-electron chi connectivity index (χ1n) is 8.46. The Labute approximate surface area is 147 Å². The lowest BCUT2D eigenvalue weighted by Gasteiger charge is -2.25. The van der Waals surface area contributed by atoms with Gasteiger partial charge in [-0.25, -0.2) is 0 Å². The second-order valence-electron chi connectivity index (χ2n) is 8.37. The molecule has 0 atom stereocenters. The minimum absolute atomic E-state index is 0.144. The van der Waals surface area contributed by atoms with Crippen LogP contribution in [0.3, 0.4) is 0 Å². The minimum Gasteiger partial charge on any atom is -0.464 e. The van der Waals surface area contributed by atoms with Crippen LogP contribution in [0.25, 0.3) is 0 Å². The van der Waals surface area contributed by atoms with Gasteiger partial charge in [0.25, 0.3) is 0 Å². The highest BCUT2D eigenvalue weighted by Gasteiger charge is 2.38. The molecule has 4 heterocycles. The zero-order valence-corrected chi connectivity index (χ0v) is 16.0. The topological polar surface area (TPSA) is 26.3 Å². The predicted octanol–water partition coefficient (Wildman–Crippen LogP) is 6.23. The monoisotopic (exact) mass is 340 g/mol. The fourth-order valence-corrected chi connectivity index (χ4v) is 4.61. The fraction of sp³-hybridized carbons (Fsp3) is 0.429. The molecule has 0 saturated heterocycles. The van der Waals surface area contributed by atoms with Crippen LogP contribution in [0.5, 0.6) is 0 Å². The highest BCUT2D eigenvalue weighted by molar-refractivity contribution is 7.12. The second-order valence-corrected chi connectivity index (χ2v) is 9.45. The van der Waals surface area contributed by atoms with E-state index in [4.69, 9.17) is 8.83 Å². The van der Waals surface area contributed by atoms with Crippen molar-refractivity contribution in [3.8, 4) is 0 Å². The van der Waals surface area contributed by atoms with Crippen LogP contribution in [0.1, 0.15) is 74.3 Å². The summed E-state index contributed by atoms with van der Waals surface area (Å²) in [4.78, 5) is 2.63. The van der Waals surface area contributed by atoms with E-state index < -0.39 is 0 Å². The molecule has 6 bridgehead atoms. The van der Waals surface area contributed by atoms with Crippen molar-refractivity contribution >= 4 is 11.3 Å². The third kappa shape index (κ3) is 2.00. The molecule has 4 rings (SSSR count). The van der Waals surface area contributed by atoms with Gasteiger partial charge in [-0.1, -0.05) is 0 Å². The maximum Gasteiger partial charge on any atom is 0.117 e. The van der Waals surface area contributed by atoms with Crippen molar-refractivity contribution in [2.24, 2.45) is 0 Å². The average molecular weight is 340 g/mol. The Kier molecular flexibility index (Phi) is 3.06. The van der Waals surface area contributed by atoms with Crippen LogP contribution < -0.4 is 0 Å². The molecule has 0 N–H and O–H groups in total. The maximum absolute atomic E-state index is 6.32. The van der Waals surface area contributed by atoms with E-state index in [0.717, 1.165) is 23.0 Å².